The average Bonchev–Trinajstić information content (AvgIpc) is 3.21. The molecule has 1 aliphatic carbocycles. The monoisotopic (exact) mass is 291 g/mol. The van der Waals surface area contributed by atoms with Crippen LogP contribution in [0.4, 0.5) is 4.39 Å². The molecule has 20 heavy (non-hydrogen) atoms. The third kappa shape index (κ3) is 2.73. The molecule has 0 unspecified atom stereocenters. The maximum absolute atomic E-state index is 14.0. The van der Waals surface area contributed by atoms with E-state index in [1.54, 1.807) is 23.9 Å². The van der Waals surface area contributed by atoms with Crippen LogP contribution >= 0.6 is 11.8 Å². The van der Waals surface area contributed by atoms with Crippen molar-refractivity contribution in [2.75, 3.05) is 5.75 Å². The summed E-state index contributed by atoms with van der Waals surface area (Å²) in [5, 5.41) is 9.45. The van der Waals surface area contributed by atoms with Crippen molar-refractivity contribution in [1.82, 2.24) is 14.8 Å². The smallest absolute Gasteiger partial charge is 0.191 e. The predicted molar refractivity (Wildman–Crippen MR) is 79.3 cm³/mol. The Bertz CT molecular complexity index is 593. The van der Waals surface area contributed by atoms with Crippen LogP contribution in [0.3, 0.4) is 0 Å². The normalized spacial score (nSPS) is 14.7. The van der Waals surface area contributed by atoms with Crippen molar-refractivity contribution in [3.8, 4) is 11.4 Å². The molecule has 0 radical (unpaired) electrons. The van der Waals surface area contributed by atoms with Crippen LogP contribution in [0.15, 0.2) is 29.4 Å². The zero-order valence-corrected chi connectivity index (χ0v) is 12.4. The van der Waals surface area contributed by atoms with Gasteiger partial charge in [-0.2, -0.15) is 0 Å². The second kappa shape index (κ2) is 5.95. The molecule has 106 valence electrons. The van der Waals surface area contributed by atoms with Crippen LogP contribution in [0, 0.1) is 5.82 Å². The Morgan fingerprint density at radius 2 is 2.10 bits per heavy atom. The minimum atomic E-state index is -0.230. The van der Waals surface area contributed by atoms with Crippen molar-refractivity contribution >= 4 is 11.8 Å². The zero-order chi connectivity index (χ0) is 13.9. The van der Waals surface area contributed by atoms with E-state index in [0.717, 1.165) is 30.2 Å². The Morgan fingerprint density at radius 1 is 1.30 bits per heavy atom. The summed E-state index contributed by atoms with van der Waals surface area (Å²) in [5.41, 5.74) is 0.550. The Hall–Kier alpha value is -1.36. The van der Waals surface area contributed by atoms with Gasteiger partial charge in [0.05, 0.1) is 5.56 Å². The first-order valence-corrected chi connectivity index (χ1v) is 8.12. The summed E-state index contributed by atoms with van der Waals surface area (Å²) >= 11 is 1.73. The summed E-state index contributed by atoms with van der Waals surface area (Å²) in [7, 11) is 0. The second-order valence-corrected chi connectivity index (χ2v) is 6.15. The number of thioether (sulfide) groups is 1. The lowest BCUT2D eigenvalue weighted by atomic mass is 10.2. The van der Waals surface area contributed by atoms with Gasteiger partial charge in [0.25, 0.3) is 0 Å². The molecule has 0 bridgehead atoms. The first-order chi connectivity index (χ1) is 9.81. The topological polar surface area (TPSA) is 30.7 Å². The molecule has 5 heteroatoms. The number of hydrogen-bond acceptors (Lipinski definition) is 3. The fourth-order valence-corrected chi connectivity index (χ4v) is 3.26. The number of nitrogens with zero attached hydrogens (tertiary/aromatic N) is 3. The number of benzene rings is 1. The molecule has 0 saturated heterocycles. The molecule has 1 saturated carbocycles. The van der Waals surface area contributed by atoms with Gasteiger partial charge < -0.3 is 0 Å². The van der Waals surface area contributed by atoms with Crippen molar-refractivity contribution in [3.05, 3.63) is 30.1 Å². The molecule has 0 atom stereocenters. The lowest BCUT2D eigenvalue weighted by molar-refractivity contribution is 0.622. The standard InChI is InChI=1S/C15H18FN3S/c1-2-3-10-20-15-18-17-14(19(15)11-8-9-11)12-6-4-5-7-13(12)16/h4-7,11H,2-3,8-10H2,1H3. The Balaban J connectivity index is 1.93. The predicted octanol–water partition coefficient (Wildman–Crippen LogP) is 4.31. The summed E-state index contributed by atoms with van der Waals surface area (Å²) in [6.07, 6.45) is 4.61. The quantitative estimate of drug-likeness (QED) is 0.587. The third-order valence-electron chi connectivity index (χ3n) is 3.42. The van der Waals surface area contributed by atoms with E-state index in [0.29, 0.717) is 17.4 Å². The average molecular weight is 291 g/mol. The van der Waals surface area contributed by atoms with Gasteiger partial charge in [-0.05, 0) is 31.4 Å². The summed E-state index contributed by atoms with van der Waals surface area (Å²) in [6.45, 7) is 2.18. The summed E-state index contributed by atoms with van der Waals surface area (Å²) in [5.74, 6) is 1.48. The second-order valence-electron chi connectivity index (χ2n) is 5.09. The van der Waals surface area contributed by atoms with E-state index < -0.39 is 0 Å². The number of hydrogen-bond donors (Lipinski definition) is 0. The van der Waals surface area contributed by atoms with Crippen LogP contribution in [0.5, 0.6) is 0 Å². The summed E-state index contributed by atoms with van der Waals surface area (Å²) in [6, 6.07) is 7.25. The first kappa shape index (κ1) is 13.6. The molecule has 1 aliphatic rings. The van der Waals surface area contributed by atoms with Gasteiger partial charge in [-0.25, -0.2) is 4.39 Å². The van der Waals surface area contributed by atoms with Crippen LogP contribution in [-0.2, 0) is 0 Å². The lowest BCUT2D eigenvalue weighted by Crippen LogP contribution is -2.01. The van der Waals surface area contributed by atoms with Gasteiger partial charge >= 0.3 is 0 Å². The van der Waals surface area contributed by atoms with E-state index in [1.165, 1.54) is 12.5 Å². The minimum absolute atomic E-state index is 0.230. The highest BCUT2D eigenvalue weighted by Crippen LogP contribution is 2.41. The van der Waals surface area contributed by atoms with Gasteiger partial charge in [0.2, 0.25) is 0 Å². The summed E-state index contributed by atoms with van der Waals surface area (Å²) < 4.78 is 16.1. The molecule has 0 spiro atoms. The molecule has 3 rings (SSSR count). The van der Waals surface area contributed by atoms with Crippen molar-refractivity contribution in [2.24, 2.45) is 0 Å². The van der Waals surface area contributed by atoms with E-state index in [9.17, 15) is 4.39 Å². The molecule has 0 aliphatic heterocycles. The first-order valence-electron chi connectivity index (χ1n) is 7.14. The van der Waals surface area contributed by atoms with Crippen molar-refractivity contribution in [1.29, 1.82) is 0 Å². The lowest BCUT2D eigenvalue weighted by Gasteiger charge is -2.09. The van der Waals surface area contributed by atoms with Crippen molar-refractivity contribution < 1.29 is 4.39 Å². The van der Waals surface area contributed by atoms with Crippen LogP contribution in [0.2, 0.25) is 0 Å². The maximum Gasteiger partial charge on any atom is 0.191 e. The number of halogens is 1. The van der Waals surface area contributed by atoms with Gasteiger partial charge in [-0.15, -0.1) is 10.2 Å². The van der Waals surface area contributed by atoms with E-state index in [-0.39, 0.29) is 5.82 Å². The number of aromatic nitrogens is 3. The number of rotatable bonds is 6. The maximum atomic E-state index is 14.0. The third-order valence-corrected chi connectivity index (χ3v) is 4.45. The van der Waals surface area contributed by atoms with Crippen LogP contribution in [0.1, 0.15) is 38.6 Å². The highest BCUT2D eigenvalue weighted by atomic mass is 32.2. The van der Waals surface area contributed by atoms with Crippen LogP contribution in [-0.4, -0.2) is 20.5 Å². The SMILES string of the molecule is CCCCSc1nnc(-c2ccccc2F)n1C1CC1. The van der Waals surface area contributed by atoms with Crippen LogP contribution < -0.4 is 0 Å². The Kier molecular flexibility index (Phi) is 4.05. The molecule has 1 aromatic carbocycles. The fourth-order valence-electron chi connectivity index (χ4n) is 2.17. The van der Waals surface area contributed by atoms with Crippen molar-refractivity contribution in [2.45, 2.75) is 43.8 Å². The van der Waals surface area contributed by atoms with Gasteiger partial charge in [-0.3, -0.25) is 4.57 Å². The van der Waals surface area contributed by atoms with Crippen LogP contribution in [0.25, 0.3) is 11.4 Å². The van der Waals surface area contributed by atoms with E-state index in [4.69, 9.17) is 0 Å². The van der Waals surface area contributed by atoms with E-state index >= 15 is 0 Å². The van der Waals surface area contributed by atoms with E-state index in [1.807, 2.05) is 6.07 Å². The van der Waals surface area contributed by atoms with E-state index in [2.05, 4.69) is 21.7 Å². The molecule has 0 N–H and O–H groups in total. The van der Waals surface area contributed by atoms with Crippen molar-refractivity contribution in [3.63, 3.8) is 0 Å². The van der Waals surface area contributed by atoms with Gasteiger partial charge in [0.1, 0.15) is 5.82 Å². The minimum Gasteiger partial charge on any atom is -0.299 e. The Morgan fingerprint density at radius 3 is 2.80 bits per heavy atom. The van der Waals surface area contributed by atoms with Gasteiger partial charge in [0, 0.05) is 11.8 Å². The number of unbranched alkanes of at least 4 members (excludes halogenated alkanes) is 1. The zero-order valence-electron chi connectivity index (χ0n) is 11.6. The molecule has 0 amide bonds. The molecule has 3 nitrogen and oxygen atoms in total. The highest BCUT2D eigenvalue weighted by molar-refractivity contribution is 7.99. The molecular formula is C15H18FN3S. The molecule has 1 heterocycles. The largest absolute Gasteiger partial charge is 0.299 e. The van der Waals surface area contributed by atoms with Gasteiger partial charge in [0.15, 0.2) is 11.0 Å². The molecule has 1 aromatic heterocycles. The molecular weight excluding hydrogens is 273 g/mol. The molecule has 2 aromatic rings. The van der Waals surface area contributed by atoms with Gasteiger partial charge in [-0.1, -0.05) is 37.2 Å². The Labute approximate surface area is 122 Å². The molecule has 1 fully saturated rings. The summed E-state index contributed by atoms with van der Waals surface area (Å²) in [4.78, 5) is 0. The highest BCUT2D eigenvalue weighted by Gasteiger charge is 2.30. The fraction of sp³-hybridized carbons (Fsp3) is 0.467.